The molecule has 1 fully saturated rings. The first-order chi connectivity index (χ1) is 5.12. The second kappa shape index (κ2) is 5.10. The second-order valence-corrected chi connectivity index (χ2v) is 2.82. The Bertz CT molecular complexity index is 107. The van der Waals surface area contributed by atoms with Crippen molar-refractivity contribution in [2.45, 2.75) is 38.8 Å². The van der Waals surface area contributed by atoms with Gasteiger partial charge in [-0.15, -0.1) is 0 Å². The lowest BCUT2D eigenvalue weighted by Gasteiger charge is -2.28. The summed E-state index contributed by atoms with van der Waals surface area (Å²) in [6.07, 6.45) is 2.66. The van der Waals surface area contributed by atoms with E-state index in [4.69, 9.17) is 0 Å². The first-order valence-electron chi connectivity index (χ1n) is 3.86. The number of hydrogen-bond donors (Lipinski definition) is 0. The molecule has 0 saturated heterocycles. The van der Waals surface area contributed by atoms with E-state index in [0.29, 0.717) is 13.1 Å². The molecular formula is C8H15FO2. The number of carbonyl (C=O) groups is 1. The lowest BCUT2D eigenvalue weighted by molar-refractivity contribution is -0.128. The Kier molecular flexibility index (Phi) is 4.83. The molecule has 1 saturated carbocycles. The zero-order chi connectivity index (χ0) is 8.74. The molecule has 0 heterocycles. The van der Waals surface area contributed by atoms with Gasteiger partial charge in [0, 0.05) is 0 Å². The average molecular weight is 162 g/mol. The largest absolute Gasteiger partial charge is 0.468 e. The SMILES string of the molecule is CC1(F)CCC1.CCOC=O. The minimum atomic E-state index is -0.778. The zero-order valence-corrected chi connectivity index (χ0v) is 7.10. The number of hydrogen-bond acceptors (Lipinski definition) is 2. The molecule has 0 atom stereocenters. The van der Waals surface area contributed by atoms with E-state index in [1.807, 2.05) is 0 Å². The lowest BCUT2D eigenvalue weighted by atomic mass is 9.84. The molecule has 66 valence electrons. The van der Waals surface area contributed by atoms with Crippen molar-refractivity contribution in [1.82, 2.24) is 0 Å². The van der Waals surface area contributed by atoms with Crippen LogP contribution in [-0.2, 0) is 9.53 Å². The molecular weight excluding hydrogens is 147 g/mol. The van der Waals surface area contributed by atoms with E-state index < -0.39 is 5.67 Å². The van der Waals surface area contributed by atoms with Crippen LogP contribution in [0, 0.1) is 0 Å². The Labute approximate surface area is 66.7 Å². The average Bonchev–Trinajstić information content (AvgIpc) is 1.88. The third-order valence-corrected chi connectivity index (χ3v) is 1.63. The topological polar surface area (TPSA) is 26.3 Å². The van der Waals surface area contributed by atoms with Gasteiger partial charge in [0.2, 0.25) is 0 Å². The van der Waals surface area contributed by atoms with Gasteiger partial charge >= 0.3 is 0 Å². The normalized spacial score (nSPS) is 18.8. The van der Waals surface area contributed by atoms with E-state index in [2.05, 4.69) is 4.74 Å². The molecule has 1 aliphatic rings. The Balaban J connectivity index is 0.000000187. The minimum absolute atomic E-state index is 0.431. The summed E-state index contributed by atoms with van der Waals surface area (Å²) < 4.78 is 16.4. The maximum atomic E-state index is 12.2. The van der Waals surface area contributed by atoms with Crippen LogP contribution in [0.3, 0.4) is 0 Å². The molecule has 2 nitrogen and oxygen atoms in total. The fourth-order valence-corrected chi connectivity index (χ4v) is 0.732. The van der Waals surface area contributed by atoms with E-state index in [-0.39, 0.29) is 0 Å². The van der Waals surface area contributed by atoms with Gasteiger partial charge in [0.05, 0.1) is 6.61 Å². The van der Waals surface area contributed by atoms with Crippen LogP contribution in [0.1, 0.15) is 33.1 Å². The monoisotopic (exact) mass is 162 g/mol. The molecule has 0 radical (unpaired) electrons. The molecule has 0 bridgehead atoms. The van der Waals surface area contributed by atoms with Crippen molar-refractivity contribution in [3.8, 4) is 0 Å². The van der Waals surface area contributed by atoms with Gasteiger partial charge in [-0.25, -0.2) is 4.39 Å². The smallest absolute Gasteiger partial charge is 0.293 e. The highest BCUT2D eigenvalue weighted by Gasteiger charge is 2.30. The molecule has 0 aliphatic heterocycles. The maximum absolute atomic E-state index is 12.2. The fourth-order valence-electron chi connectivity index (χ4n) is 0.732. The van der Waals surface area contributed by atoms with E-state index in [9.17, 15) is 9.18 Å². The van der Waals surface area contributed by atoms with Gasteiger partial charge in [-0.1, -0.05) is 0 Å². The van der Waals surface area contributed by atoms with Crippen LogP contribution >= 0.6 is 0 Å². The van der Waals surface area contributed by atoms with Gasteiger partial charge in [-0.3, -0.25) is 4.79 Å². The summed E-state index contributed by atoms with van der Waals surface area (Å²) in [5.41, 5.74) is -0.778. The molecule has 11 heavy (non-hydrogen) atoms. The summed E-state index contributed by atoms with van der Waals surface area (Å²) in [4.78, 5) is 9.18. The van der Waals surface area contributed by atoms with Gasteiger partial charge in [0.15, 0.2) is 0 Å². The van der Waals surface area contributed by atoms with Gasteiger partial charge in [-0.2, -0.15) is 0 Å². The summed E-state index contributed by atoms with van der Waals surface area (Å²) in [5, 5.41) is 0. The van der Waals surface area contributed by atoms with Crippen molar-refractivity contribution >= 4 is 6.47 Å². The molecule has 1 aliphatic carbocycles. The van der Waals surface area contributed by atoms with Crippen LogP contribution < -0.4 is 0 Å². The highest BCUT2D eigenvalue weighted by Crippen LogP contribution is 2.34. The fraction of sp³-hybridized carbons (Fsp3) is 0.875. The Morgan fingerprint density at radius 2 is 2.09 bits per heavy atom. The maximum Gasteiger partial charge on any atom is 0.293 e. The van der Waals surface area contributed by atoms with Crippen LogP contribution in [-0.4, -0.2) is 18.7 Å². The van der Waals surface area contributed by atoms with E-state index in [1.54, 1.807) is 13.8 Å². The highest BCUT2D eigenvalue weighted by molar-refractivity contribution is 5.36. The number of ether oxygens (including phenoxy) is 1. The summed E-state index contributed by atoms with van der Waals surface area (Å²) >= 11 is 0. The van der Waals surface area contributed by atoms with Crippen LogP contribution in [0.4, 0.5) is 4.39 Å². The third-order valence-electron chi connectivity index (χ3n) is 1.63. The number of rotatable bonds is 2. The first kappa shape index (κ1) is 10.4. The summed E-state index contributed by atoms with van der Waals surface area (Å²) in [6.45, 7) is 4.33. The van der Waals surface area contributed by atoms with Gasteiger partial charge < -0.3 is 4.74 Å². The van der Waals surface area contributed by atoms with Crippen molar-refractivity contribution in [2.75, 3.05) is 6.61 Å². The van der Waals surface area contributed by atoms with E-state index >= 15 is 0 Å². The summed E-state index contributed by atoms with van der Waals surface area (Å²) in [7, 11) is 0. The van der Waals surface area contributed by atoms with Crippen molar-refractivity contribution in [1.29, 1.82) is 0 Å². The van der Waals surface area contributed by atoms with Crippen LogP contribution in [0.15, 0.2) is 0 Å². The number of halogens is 1. The Hall–Kier alpha value is -0.600. The van der Waals surface area contributed by atoms with Gasteiger partial charge in [-0.05, 0) is 33.1 Å². The molecule has 1 rings (SSSR count). The molecule has 0 amide bonds. The van der Waals surface area contributed by atoms with Crippen molar-refractivity contribution in [2.24, 2.45) is 0 Å². The van der Waals surface area contributed by atoms with E-state index in [0.717, 1.165) is 19.3 Å². The first-order valence-corrected chi connectivity index (χ1v) is 3.86. The van der Waals surface area contributed by atoms with Crippen LogP contribution in [0.5, 0.6) is 0 Å². The third kappa shape index (κ3) is 5.83. The summed E-state index contributed by atoms with van der Waals surface area (Å²) in [6, 6.07) is 0. The molecule has 0 N–H and O–H groups in total. The van der Waals surface area contributed by atoms with Crippen molar-refractivity contribution < 1.29 is 13.9 Å². The standard InChI is InChI=1S/C5H9F.C3H6O2/c1-5(6)3-2-4-5;1-2-5-3-4/h2-4H2,1H3;3H,2H2,1H3. The summed E-state index contributed by atoms with van der Waals surface area (Å²) in [5.74, 6) is 0. The number of alkyl halides is 1. The predicted octanol–water partition coefficient (Wildman–Crippen LogP) is 2.08. The number of carbonyl (C=O) groups excluding carboxylic acids is 1. The van der Waals surface area contributed by atoms with Crippen molar-refractivity contribution in [3.05, 3.63) is 0 Å². The van der Waals surface area contributed by atoms with E-state index in [1.165, 1.54) is 0 Å². The highest BCUT2D eigenvalue weighted by atomic mass is 19.1. The predicted molar refractivity (Wildman–Crippen MR) is 41.1 cm³/mol. The zero-order valence-electron chi connectivity index (χ0n) is 7.10. The van der Waals surface area contributed by atoms with Gasteiger partial charge in [0.1, 0.15) is 5.67 Å². The molecule has 0 aromatic heterocycles. The van der Waals surface area contributed by atoms with Gasteiger partial charge in [0.25, 0.3) is 6.47 Å². The molecule has 0 aromatic rings. The molecule has 3 heteroatoms. The lowest BCUT2D eigenvalue weighted by Crippen LogP contribution is -2.26. The Morgan fingerprint density at radius 1 is 1.64 bits per heavy atom. The molecule has 0 spiro atoms. The quantitative estimate of drug-likeness (QED) is 0.581. The Morgan fingerprint density at radius 3 is 2.09 bits per heavy atom. The van der Waals surface area contributed by atoms with Crippen molar-refractivity contribution in [3.63, 3.8) is 0 Å². The minimum Gasteiger partial charge on any atom is -0.468 e. The molecule has 0 aromatic carbocycles. The van der Waals surface area contributed by atoms with Crippen LogP contribution in [0.25, 0.3) is 0 Å². The van der Waals surface area contributed by atoms with Crippen LogP contribution in [0.2, 0.25) is 0 Å². The second-order valence-electron chi connectivity index (χ2n) is 2.82. The molecule has 0 unspecified atom stereocenters.